The molecule has 0 saturated carbocycles. The van der Waals surface area contributed by atoms with Gasteiger partial charge >= 0.3 is 0 Å². The number of hydrogen-bond donors (Lipinski definition) is 0. The molecular formula is C20H21BrN4O4S. The molecule has 10 heteroatoms. The Morgan fingerprint density at radius 1 is 1.13 bits per heavy atom. The van der Waals surface area contributed by atoms with E-state index in [9.17, 15) is 13.2 Å². The van der Waals surface area contributed by atoms with Crippen LogP contribution in [0.15, 0.2) is 63.6 Å². The molecule has 0 saturated heterocycles. The fraction of sp³-hybridized carbons (Fsp3) is 0.250. The van der Waals surface area contributed by atoms with Crippen LogP contribution in [0.5, 0.6) is 0 Å². The second kappa shape index (κ2) is 9.07. The number of carbonyl (C=O) groups excluding carboxylic acids is 1. The summed E-state index contributed by atoms with van der Waals surface area (Å²) in [6, 6.07) is 15.2. The van der Waals surface area contributed by atoms with E-state index in [2.05, 4.69) is 26.1 Å². The standard InChI is InChI=1S/C20H21BrN4O4S/c1-24(13-17-22-19(23-29-17)15-10-7-11-16(21)12-15)20(26)18(25(2)30(3,27)28)14-8-5-4-6-9-14/h4-12,18H,13H2,1-3H3. The Bertz CT molecular complexity index is 1130. The molecule has 1 amide bonds. The van der Waals surface area contributed by atoms with Crippen LogP contribution in [0.2, 0.25) is 0 Å². The molecule has 1 aromatic heterocycles. The smallest absolute Gasteiger partial charge is 0.246 e. The van der Waals surface area contributed by atoms with Crippen molar-refractivity contribution >= 4 is 31.9 Å². The number of sulfonamides is 1. The molecule has 1 unspecified atom stereocenters. The number of hydrogen-bond acceptors (Lipinski definition) is 6. The van der Waals surface area contributed by atoms with Crippen molar-refractivity contribution in [3.05, 3.63) is 70.5 Å². The highest BCUT2D eigenvalue weighted by Crippen LogP contribution is 2.25. The Kier molecular flexibility index (Phi) is 6.69. The number of halogens is 1. The lowest BCUT2D eigenvalue weighted by Crippen LogP contribution is -2.41. The van der Waals surface area contributed by atoms with Gasteiger partial charge in [-0.15, -0.1) is 0 Å². The van der Waals surface area contributed by atoms with Crippen LogP contribution in [-0.4, -0.2) is 54.0 Å². The number of nitrogens with zero attached hydrogens (tertiary/aromatic N) is 4. The molecule has 8 nitrogen and oxygen atoms in total. The van der Waals surface area contributed by atoms with Gasteiger partial charge in [0.25, 0.3) is 0 Å². The molecule has 3 rings (SSSR count). The van der Waals surface area contributed by atoms with Crippen LogP contribution in [0.25, 0.3) is 11.4 Å². The lowest BCUT2D eigenvalue weighted by atomic mass is 10.1. The summed E-state index contributed by atoms with van der Waals surface area (Å²) in [6.45, 7) is 0.0424. The summed E-state index contributed by atoms with van der Waals surface area (Å²) in [6.07, 6.45) is 1.07. The first-order chi connectivity index (χ1) is 14.2. The number of benzene rings is 2. The van der Waals surface area contributed by atoms with Crippen LogP contribution in [0.3, 0.4) is 0 Å². The van der Waals surface area contributed by atoms with E-state index in [4.69, 9.17) is 4.52 Å². The third kappa shape index (κ3) is 5.13. The van der Waals surface area contributed by atoms with Crippen molar-refractivity contribution in [2.24, 2.45) is 0 Å². The number of amides is 1. The molecule has 3 aromatic rings. The highest BCUT2D eigenvalue weighted by atomic mass is 79.9. The van der Waals surface area contributed by atoms with Gasteiger partial charge < -0.3 is 9.42 Å². The lowest BCUT2D eigenvalue weighted by molar-refractivity contribution is -0.134. The zero-order valence-electron chi connectivity index (χ0n) is 16.7. The van der Waals surface area contributed by atoms with Gasteiger partial charge in [-0.3, -0.25) is 4.79 Å². The highest BCUT2D eigenvalue weighted by molar-refractivity contribution is 9.10. The monoisotopic (exact) mass is 492 g/mol. The van der Waals surface area contributed by atoms with Gasteiger partial charge in [-0.05, 0) is 17.7 Å². The van der Waals surface area contributed by atoms with E-state index in [1.54, 1.807) is 37.4 Å². The van der Waals surface area contributed by atoms with Crippen LogP contribution < -0.4 is 0 Å². The molecular weight excluding hydrogens is 472 g/mol. The quantitative estimate of drug-likeness (QED) is 0.502. The van der Waals surface area contributed by atoms with Crippen LogP contribution in [0.1, 0.15) is 17.5 Å². The predicted octanol–water partition coefficient (Wildman–Crippen LogP) is 3.09. The molecule has 0 radical (unpaired) electrons. The Balaban J connectivity index is 1.82. The summed E-state index contributed by atoms with van der Waals surface area (Å²) in [4.78, 5) is 18.9. The molecule has 0 bridgehead atoms. The minimum Gasteiger partial charge on any atom is -0.337 e. The maximum atomic E-state index is 13.2. The largest absolute Gasteiger partial charge is 0.337 e. The third-order valence-electron chi connectivity index (χ3n) is 4.54. The fourth-order valence-electron chi connectivity index (χ4n) is 2.89. The van der Waals surface area contributed by atoms with Crippen molar-refractivity contribution in [3.63, 3.8) is 0 Å². The summed E-state index contributed by atoms with van der Waals surface area (Å²) >= 11 is 3.40. The topological polar surface area (TPSA) is 96.6 Å². The van der Waals surface area contributed by atoms with E-state index < -0.39 is 22.0 Å². The van der Waals surface area contributed by atoms with Gasteiger partial charge in [0, 0.05) is 24.1 Å². The van der Waals surface area contributed by atoms with E-state index in [-0.39, 0.29) is 12.4 Å². The first kappa shape index (κ1) is 22.1. The molecule has 0 aliphatic carbocycles. The van der Waals surface area contributed by atoms with E-state index in [0.29, 0.717) is 11.4 Å². The number of likely N-dealkylation sites (N-methyl/N-ethyl adjacent to an activating group) is 2. The Morgan fingerprint density at radius 2 is 1.83 bits per heavy atom. The maximum absolute atomic E-state index is 13.2. The first-order valence-corrected chi connectivity index (χ1v) is 11.6. The first-order valence-electron chi connectivity index (χ1n) is 8.98. The van der Waals surface area contributed by atoms with Gasteiger partial charge in [-0.25, -0.2) is 8.42 Å². The molecule has 30 heavy (non-hydrogen) atoms. The van der Waals surface area contributed by atoms with E-state index in [1.165, 1.54) is 11.9 Å². The second-order valence-electron chi connectivity index (χ2n) is 6.81. The summed E-state index contributed by atoms with van der Waals surface area (Å²) < 4.78 is 31.5. The minimum absolute atomic E-state index is 0.0424. The summed E-state index contributed by atoms with van der Waals surface area (Å²) in [5.41, 5.74) is 1.34. The zero-order chi connectivity index (χ0) is 21.9. The Labute approximate surface area is 183 Å². The van der Waals surface area contributed by atoms with Crippen molar-refractivity contribution in [1.29, 1.82) is 0 Å². The van der Waals surface area contributed by atoms with Crippen molar-refractivity contribution in [2.75, 3.05) is 20.4 Å². The van der Waals surface area contributed by atoms with Crippen LogP contribution in [-0.2, 0) is 21.4 Å². The number of rotatable bonds is 7. The number of carbonyl (C=O) groups is 1. The molecule has 0 aliphatic rings. The molecule has 2 aromatic carbocycles. The zero-order valence-corrected chi connectivity index (χ0v) is 19.1. The predicted molar refractivity (Wildman–Crippen MR) is 116 cm³/mol. The third-order valence-corrected chi connectivity index (χ3v) is 6.29. The Morgan fingerprint density at radius 3 is 2.47 bits per heavy atom. The molecule has 0 N–H and O–H groups in total. The van der Waals surface area contributed by atoms with Gasteiger partial charge in [0.1, 0.15) is 6.04 Å². The van der Waals surface area contributed by atoms with Gasteiger partial charge in [0.15, 0.2) is 0 Å². The van der Waals surface area contributed by atoms with Crippen LogP contribution in [0, 0.1) is 0 Å². The fourth-order valence-corrected chi connectivity index (χ4v) is 3.88. The molecule has 0 spiro atoms. The summed E-state index contributed by atoms with van der Waals surface area (Å²) in [5.74, 6) is 0.242. The van der Waals surface area contributed by atoms with Gasteiger partial charge in [-0.1, -0.05) is 63.6 Å². The van der Waals surface area contributed by atoms with Crippen molar-refractivity contribution in [2.45, 2.75) is 12.6 Å². The molecule has 158 valence electrons. The summed E-state index contributed by atoms with van der Waals surface area (Å²) in [5, 5.41) is 3.97. The maximum Gasteiger partial charge on any atom is 0.246 e. The van der Waals surface area contributed by atoms with E-state index >= 15 is 0 Å². The summed E-state index contributed by atoms with van der Waals surface area (Å²) in [7, 11) is -0.655. The van der Waals surface area contributed by atoms with Gasteiger partial charge in [0.05, 0.1) is 12.8 Å². The average molecular weight is 493 g/mol. The lowest BCUT2D eigenvalue weighted by Gasteiger charge is -2.29. The van der Waals surface area contributed by atoms with Crippen LogP contribution >= 0.6 is 15.9 Å². The highest BCUT2D eigenvalue weighted by Gasteiger charge is 2.33. The van der Waals surface area contributed by atoms with Crippen molar-refractivity contribution in [1.82, 2.24) is 19.3 Å². The average Bonchev–Trinajstić information content (AvgIpc) is 3.16. The second-order valence-corrected chi connectivity index (χ2v) is 9.77. The SMILES string of the molecule is CN(Cc1nc(-c2cccc(Br)c2)no1)C(=O)C(c1ccccc1)N(C)S(C)(=O)=O. The van der Waals surface area contributed by atoms with E-state index in [0.717, 1.165) is 20.6 Å². The molecule has 0 fully saturated rings. The minimum atomic E-state index is -3.61. The van der Waals surface area contributed by atoms with Gasteiger partial charge in [0.2, 0.25) is 27.6 Å². The van der Waals surface area contributed by atoms with Crippen molar-refractivity contribution < 1.29 is 17.7 Å². The molecule has 1 heterocycles. The molecule has 0 aliphatic heterocycles. The molecule has 1 atom stereocenters. The normalized spacial score (nSPS) is 12.7. The van der Waals surface area contributed by atoms with Crippen molar-refractivity contribution in [3.8, 4) is 11.4 Å². The van der Waals surface area contributed by atoms with E-state index in [1.807, 2.05) is 24.3 Å². The van der Waals surface area contributed by atoms with Crippen LogP contribution in [0.4, 0.5) is 0 Å². The Hall–Kier alpha value is -2.56. The number of aromatic nitrogens is 2. The van der Waals surface area contributed by atoms with Gasteiger partial charge in [-0.2, -0.15) is 9.29 Å².